The molecule has 0 N–H and O–H groups in total. The third kappa shape index (κ3) is 6.51. The Hall–Kier alpha value is -3.66. The van der Waals surface area contributed by atoms with E-state index in [1.54, 1.807) is 24.3 Å². The van der Waals surface area contributed by atoms with Gasteiger partial charge in [0.15, 0.2) is 15.9 Å². The lowest BCUT2D eigenvalue weighted by Crippen LogP contribution is -2.52. The van der Waals surface area contributed by atoms with Crippen LogP contribution < -0.4 is 0 Å². The van der Waals surface area contributed by atoms with Crippen molar-refractivity contribution in [2.24, 2.45) is 0 Å². The number of ether oxygens (including phenoxy) is 2. The molecule has 0 aromatic heterocycles. The summed E-state index contributed by atoms with van der Waals surface area (Å²) >= 11 is 0. The molecular formula is C26H28N2O7S. The minimum atomic E-state index is -3.73. The summed E-state index contributed by atoms with van der Waals surface area (Å²) in [7, 11) is -3.73. The molecular weight excluding hydrogens is 484 g/mol. The van der Waals surface area contributed by atoms with Gasteiger partial charge in [-0.1, -0.05) is 60.7 Å². The van der Waals surface area contributed by atoms with Gasteiger partial charge in [0.1, 0.15) is 19.0 Å². The van der Waals surface area contributed by atoms with Gasteiger partial charge in [-0.15, -0.1) is 0 Å². The monoisotopic (exact) mass is 512 g/mol. The van der Waals surface area contributed by atoms with Gasteiger partial charge in [0.2, 0.25) is 5.91 Å². The van der Waals surface area contributed by atoms with Crippen molar-refractivity contribution in [2.75, 3.05) is 25.4 Å². The van der Waals surface area contributed by atoms with Crippen molar-refractivity contribution in [1.82, 2.24) is 9.80 Å². The molecule has 0 bridgehead atoms. The molecule has 10 heteroatoms. The van der Waals surface area contributed by atoms with Gasteiger partial charge < -0.3 is 14.4 Å². The van der Waals surface area contributed by atoms with E-state index in [2.05, 4.69) is 0 Å². The number of nitrogens with zero attached hydrogens (tertiary/aromatic N) is 2. The molecule has 190 valence electrons. The van der Waals surface area contributed by atoms with Crippen molar-refractivity contribution in [3.05, 3.63) is 77.2 Å². The largest absolute Gasteiger partial charge is 0.459 e. The highest BCUT2D eigenvalue weighted by molar-refractivity contribution is 7.95. The van der Waals surface area contributed by atoms with Crippen molar-refractivity contribution in [2.45, 2.75) is 31.5 Å². The molecule has 0 radical (unpaired) electrons. The van der Waals surface area contributed by atoms with Gasteiger partial charge >= 0.3 is 12.1 Å². The molecule has 2 aliphatic rings. The zero-order valence-electron chi connectivity index (χ0n) is 19.7. The Kier molecular flexibility index (Phi) is 8.04. The van der Waals surface area contributed by atoms with E-state index in [1.807, 2.05) is 36.4 Å². The predicted molar refractivity (Wildman–Crippen MR) is 132 cm³/mol. The Morgan fingerprint density at radius 3 is 2.31 bits per heavy atom. The van der Waals surface area contributed by atoms with Crippen LogP contribution in [-0.2, 0) is 35.5 Å². The Labute approximate surface area is 210 Å². The standard InChI is InChI=1S/C26H28N2O7S/c29-24(19-36(32,33)16-13-20-7-3-1-4-8-20)27-14-11-22(12-15-27)28-23(18-35-26(28)31)25(30)34-17-21-9-5-2-6-10-21/h1-10,13,16,22-23H,11-12,14-15,17-19H2. The van der Waals surface area contributed by atoms with Crippen LogP contribution in [0.5, 0.6) is 0 Å². The second-order valence-electron chi connectivity index (χ2n) is 8.73. The summed E-state index contributed by atoms with van der Waals surface area (Å²) in [5, 5.41) is 1.05. The fourth-order valence-corrected chi connectivity index (χ4v) is 5.28. The van der Waals surface area contributed by atoms with Crippen molar-refractivity contribution < 1.29 is 32.3 Å². The normalized spacial score (nSPS) is 18.9. The number of likely N-dealkylation sites (tertiary alicyclic amines) is 1. The smallest absolute Gasteiger partial charge is 0.410 e. The fourth-order valence-electron chi connectivity index (χ4n) is 4.29. The van der Waals surface area contributed by atoms with Gasteiger partial charge in [-0.3, -0.25) is 9.69 Å². The lowest BCUT2D eigenvalue weighted by atomic mass is 10.0. The van der Waals surface area contributed by atoms with E-state index in [0.717, 1.165) is 16.5 Å². The first-order chi connectivity index (χ1) is 17.3. The number of hydrogen-bond donors (Lipinski definition) is 0. The number of esters is 1. The van der Waals surface area contributed by atoms with Crippen molar-refractivity contribution in [1.29, 1.82) is 0 Å². The number of piperidine rings is 1. The summed E-state index contributed by atoms with van der Waals surface area (Å²) in [6, 6.07) is 17.0. The van der Waals surface area contributed by atoms with Crippen LogP contribution in [0.1, 0.15) is 24.0 Å². The van der Waals surface area contributed by atoms with E-state index in [9.17, 15) is 22.8 Å². The highest BCUT2D eigenvalue weighted by atomic mass is 32.2. The van der Waals surface area contributed by atoms with E-state index in [0.29, 0.717) is 12.8 Å². The number of amides is 2. The Morgan fingerprint density at radius 2 is 1.64 bits per heavy atom. The Bertz CT molecular complexity index is 1210. The molecule has 2 aliphatic heterocycles. The summed E-state index contributed by atoms with van der Waals surface area (Å²) in [6.07, 6.45) is 1.69. The van der Waals surface area contributed by atoms with Gasteiger partial charge in [-0.2, -0.15) is 0 Å². The molecule has 2 fully saturated rings. The first-order valence-electron chi connectivity index (χ1n) is 11.7. The van der Waals surface area contributed by atoms with E-state index in [4.69, 9.17) is 9.47 Å². The maximum absolute atomic E-state index is 12.7. The SMILES string of the molecule is O=C(OCc1ccccc1)C1COC(=O)N1C1CCN(C(=O)CS(=O)(=O)C=Cc2ccccc2)CC1. The second-order valence-corrected chi connectivity index (χ2v) is 10.6. The number of cyclic esters (lactones) is 1. The van der Waals surface area contributed by atoms with E-state index in [-0.39, 0.29) is 32.3 Å². The zero-order valence-corrected chi connectivity index (χ0v) is 20.5. The Morgan fingerprint density at radius 1 is 1.00 bits per heavy atom. The van der Waals surface area contributed by atoms with Crippen LogP contribution in [0.25, 0.3) is 6.08 Å². The number of benzene rings is 2. The van der Waals surface area contributed by atoms with Crippen molar-refractivity contribution >= 4 is 33.9 Å². The molecule has 2 amide bonds. The molecule has 4 rings (SSSR count). The minimum absolute atomic E-state index is 0.0857. The maximum Gasteiger partial charge on any atom is 0.410 e. The van der Waals surface area contributed by atoms with E-state index >= 15 is 0 Å². The van der Waals surface area contributed by atoms with Crippen LogP contribution >= 0.6 is 0 Å². The molecule has 1 atom stereocenters. The molecule has 2 aromatic carbocycles. The van der Waals surface area contributed by atoms with Crippen LogP contribution in [0.15, 0.2) is 66.1 Å². The molecule has 1 unspecified atom stereocenters. The second kappa shape index (κ2) is 11.4. The quantitative estimate of drug-likeness (QED) is 0.500. The first-order valence-corrected chi connectivity index (χ1v) is 13.4. The maximum atomic E-state index is 12.7. The summed E-state index contributed by atoms with van der Waals surface area (Å²) in [6.45, 7) is 0.559. The average Bonchev–Trinajstić information content (AvgIpc) is 3.28. The fraction of sp³-hybridized carbons (Fsp3) is 0.346. The average molecular weight is 513 g/mol. The first kappa shape index (κ1) is 25.4. The predicted octanol–water partition coefficient (Wildman–Crippen LogP) is 2.63. The summed E-state index contributed by atoms with van der Waals surface area (Å²) in [5.74, 6) is -1.66. The third-order valence-corrected chi connectivity index (χ3v) is 7.41. The number of carbonyl (C=O) groups is 3. The molecule has 2 saturated heterocycles. The van der Waals surface area contributed by atoms with E-state index in [1.165, 1.54) is 15.9 Å². The summed E-state index contributed by atoms with van der Waals surface area (Å²) in [4.78, 5) is 40.6. The van der Waals surface area contributed by atoms with Gasteiger partial charge in [-0.05, 0) is 30.0 Å². The van der Waals surface area contributed by atoms with Crippen LogP contribution in [0.4, 0.5) is 4.79 Å². The number of carbonyl (C=O) groups excluding carboxylic acids is 3. The Balaban J connectivity index is 1.29. The minimum Gasteiger partial charge on any atom is -0.459 e. The van der Waals surface area contributed by atoms with Crippen molar-refractivity contribution in [3.8, 4) is 0 Å². The lowest BCUT2D eigenvalue weighted by molar-refractivity contribution is -0.150. The van der Waals surface area contributed by atoms with Gasteiger partial charge in [-0.25, -0.2) is 18.0 Å². The molecule has 9 nitrogen and oxygen atoms in total. The molecule has 0 aliphatic carbocycles. The van der Waals surface area contributed by atoms with Crippen molar-refractivity contribution in [3.63, 3.8) is 0 Å². The molecule has 36 heavy (non-hydrogen) atoms. The summed E-state index contributed by atoms with van der Waals surface area (Å²) in [5.41, 5.74) is 1.56. The highest BCUT2D eigenvalue weighted by Gasteiger charge is 2.44. The van der Waals surface area contributed by atoms with Crippen LogP contribution in [-0.4, -0.2) is 73.7 Å². The number of rotatable bonds is 8. The third-order valence-electron chi connectivity index (χ3n) is 6.21. The topological polar surface area (TPSA) is 110 Å². The van der Waals surface area contributed by atoms with E-state index < -0.39 is 39.6 Å². The zero-order chi connectivity index (χ0) is 25.5. The molecule has 2 heterocycles. The van der Waals surface area contributed by atoms with Crippen LogP contribution in [0.3, 0.4) is 0 Å². The van der Waals surface area contributed by atoms with Crippen LogP contribution in [0.2, 0.25) is 0 Å². The number of hydrogen-bond acceptors (Lipinski definition) is 7. The molecule has 2 aromatic rings. The number of sulfone groups is 1. The summed E-state index contributed by atoms with van der Waals surface area (Å²) < 4.78 is 35.3. The lowest BCUT2D eigenvalue weighted by Gasteiger charge is -2.37. The molecule has 0 saturated carbocycles. The van der Waals surface area contributed by atoms with Gasteiger partial charge in [0.05, 0.1) is 0 Å². The highest BCUT2D eigenvalue weighted by Crippen LogP contribution is 2.25. The van der Waals surface area contributed by atoms with Gasteiger partial charge in [0, 0.05) is 24.5 Å². The molecule has 0 spiro atoms. The van der Waals surface area contributed by atoms with Crippen LogP contribution in [0, 0.1) is 0 Å². The van der Waals surface area contributed by atoms with Gasteiger partial charge in [0.25, 0.3) is 0 Å².